The van der Waals surface area contributed by atoms with Gasteiger partial charge in [0.15, 0.2) is 0 Å². The normalized spacial score (nSPS) is 12.6. The molecular formula is C25H25N5O5. The van der Waals surface area contributed by atoms with Gasteiger partial charge in [0.2, 0.25) is 5.91 Å². The molecule has 35 heavy (non-hydrogen) atoms. The molecule has 4 rings (SSSR count). The van der Waals surface area contributed by atoms with E-state index in [9.17, 15) is 19.5 Å². The lowest BCUT2D eigenvalue weighted by Crippen LogP contribution is -2.53. The molecule has 10 heteroatoms. The fraction of sp³-hybridized carbons (Fsp3) is 0.200. The van der Waals surface area contributed by atoms with Gasteiger partial charge >= 0.3 is 12.1 Å². The monoisotopic (exact) mass is 475 g/mol. The Morgan fingerprint density at radius 3 is 2.46 bits per heavy atom. The van der Waals surface area contributed by atoms with Gasteiger partial charge in [0.25, 0.3) is 0 Å². The number of carbonyl (C=O) groups excluding carboxylic acids is 2. The standard InChI is InChI=1S/C25H25N5O5/c31-23(29-22(24(32)33)10-17-12-27-20-9-5-4-8-19(17)20)21(11-18-13-26-15-28-18)30-25(34)35-14-16-6-2-1-3-7-16/h1-9,12-13,15,21-22,27H,10-11,14H2,(H,26,28)(H,29,31)(H,30,34)(H,32,33)/t21-,22-/m0/s1. The number of carbonyl (C=O) groups is 3. The number of aromatic amines is 2. The number of alkyl carbamates (subject to hydrolysis) is 1. The van der Waals surface area contributed by atoms with Gasteiger partial charge in [-0.25, -0.2) is 14.6 Å². The van der Waals surface area contributed by atoms with Gasteiger partial charge < -0.3 is 30.4 Å². The van der Waals surface area contributed by atoms with Crippen molar-refractivity contribution < 1.29 is 24.2 Å². The molecule has 2 atom stereocenters. The number of rotatable bonds is 10. The highest BCUT2D eigenvalue weighted by Gasteiger charge is 2.28. The Bertz CT molecular complexity index is 1290. The summed E-state index contributed by atoms with van der Waals surface area (Å²) in [5, 5.41) is 15.7. The molecular weight excluding hydrogens is 450 g/mol. The molecule has 10 nitrogen and oxygen atoms in total. The maximum Gasteiger partial charge on any atom is 0.408 e. The predicted molar refractivity (Wildman–Crippen MR) is 127 cm³/mol. The van der Waals surface area contributed by atoms with Gasteiger partial charge in [-0.05, 0) is 17.2 Å². The van der Waals surface area contributed by atoms with Crippen LogP contribution < -0.4 is 10.6 Å². The number of fused-ring (bicyclic) bond motifs is 1. The number of imidazole rings is 1. The van der Waals surface area contributed by atoms with Crippen molar-refractivity contribution in [3.63, 3.8) is 0 Å². The molecule has 0 spiro atoms. The Balaban J connectivity index is 1.44. The van der Waals surface area contributed by atoms with Crippen LogP contribution in [0.4, 0.5) is 4.79 Å². The van der Waals surface area contributed by atoms with Gasteiger partial charge in [-0.3, -0.25) is 4.79 Å². The van der Waals surface area contributed by atoms with Crippen LogP contribution in [-0.4, -0.2) is 50.1 Å². The molecule has 2 aromatic carbocycles. The van der Waals surface area contributed by atoms with Gasteiger partial charge in [0, 0.05) is 41.8 Å². The van der Waals surface area contributed by atoms with E-state index in [-0.39, 0.29) is 19.4 Å². The minimum Gasteiger partial charge on any atom is -0.480 e. The van der Waals surface area contributed by atoms with E-state index in [0.717, 1.165) is 22.0 Å². The Hall–Kier alpha value is -4.60. The van der Waals surface area contributed by atoms with Crippen LogP contribution >= 0.6 is 0 Å². The summed E-state index contributed by atoms with van der Waals surface area (Å²) in [6.07, 6.45) is 4.06. The first kappa shape index (κ1) is 23.6. The number of benzene rings is 2. The van der Waals surface area contributed by atoms with E-state index >= 15 is 0 Å². The first-order valence-electron chi connectivity index (χ1n) is 11.0. The maximum absolute atomic E-state index is 13.1. The van der Waals surface area contributed by atoms with Crippen molar-refractivity contribution in [2.75, 3.05) is 0 Å². The van der Waals surface area contributed by atoms with Crippen molar-refractivity contribution >= 4 is 28.9 Å². The number of ether oxygens (including phenoxy) is 1. The minimum absolute atomic E-state index is 0.0311. The summed E-state index contributed by atoms with van der Waals surface area (Å²) in [5.74, 6) is -1.83. The molecule has 0 aliphatic heterocycles. The zero-order chi connectivity index (χ0) is 24.6. The second-order valence-electron chi connectivity index (χ2n) is 8.00. The molecule has 0 aliphatic carbocycles. The summed E-state index contributed by atoms with van der Waals surface area (Å²) in [6.45, 7) is 0.0311. The van der Waals surface area contributed by atoms with E-state index < -0.39 is 30.1 Å². The second kappa shape index (κ2) is 11.0. The van der Waals surface area contributed by atoms with Crippen molar-refractivity contribution in [3.05, 3.63) is 90.1 Å². The molecule has 180 valence electrons. The zero-order valence-corrected chi connectivity index (χ0v) is 18.7. The Kier molecular flexibility index (Phi) is 7.41. The number of aliphatic carboxylic acids is 1. The zero-order valence-electron chi connectivity index (χ0n) is 18.7. The molecule has 0 saturated carbocycles. The van der Waals surface area contributed by atoms with Crippen LogP contribution in [0.3, 0.4) is 0 Å². The number of H-pyrrole nitrogens is 2. The Labute approximate surface area is 200 Å². The Morgan fingerprint density at radius 2 is 1.71 bits per heavy atom. The number of amides is 2. The van der Waals surface area contributed by atoms with Crippen LogP contribution in [0.25, 0.3) is 10.9 Å². The summed E-state index contributed by atoms with van der Waals surface area (Å²) in [4.78, 5) is 47.4. The third-order valence-electron chi connectivity index (χ3n) is 5.51. The largest absolute Gasteiger partial charge is 0.480 e. The van der Waals surface area contributed by atoms with E-state index in [4.69, 9.17) is 4.74 Å². The van der Waals surface area contributed by atoms with Gasteiger partial charge in [-0.2, -0.15) is 0 Å². The molecule has 0 unspecified atom stereocenters. The quantitative estimate of drug-likeness (QED) is 0.238. The number of nitrogens with zero attached hydrogens (tertiary/aromatic N) is 1. The van der Waals surface area contributed by atoms with E-state index in [2.05, 4.69) is 25.6 Å². The second-order valence-corrected chi connectivity index (χ2v) is 8.00. The van der Waals surface area contributed by atoms with Crippen LogP contribution in [0.2, 0.25) is 0 Å². The highest BCUT2D eigenvalue weighted by Crippen LogP contribution is 2.19. The lowest BCUT2D eigenvalue weighted by Gasteiger charge is -2.21. The summed E-state index contributed by atoms with van der Waals surface area (Å²) < 4.78 is 5.24. The number of hydrogen-bond acceptors (Lipinski definition) is 5. The van der Waals surface area contributed by atoms with Crippen LogP contribution in [-0.2, 0) is 33.8 Å². The molecule has 2 aromatic heterocycles. The maximum atomic E-state index is 13.1. The number of hydrogen-bond donors (Lipinski definition) is 5. The predicted octanol–water partition coefficient (Wildman–Crippen LogP) is 2.54. The smallest absolute Gasteiger partial charge is 0.408 e. The summed E-state index contributed by atoms with van der Waals surface area (Å²) in [6, 6.07) is 14.3. The van der Waals surface area contributed by atoms with Crippen LogP contribution in [0, 0.1) is 0 Å². The van der Waals surface area contributed by atoms with E-state index in [0.29, 0.717) is 5.69 Å². The molecule has 0 radical (unpaired) electrons. The number of nitrogens with one attached hydrogen (secondary N) is 4. The number of aromatic nitrogens is 3. The summed E-state index contributed by atoms with van der Waals surface area (Å²) in [5.41, 5.74) is 3.02. The lowest BCUT2D eigenvalue weighted by atomic mass is 10.0. The molecule has 5 N–H and O–H groups in total. The van der Waals surface area contributed by atoms with Crippen molar-refractivity contribution in [3.8, 4) is 0 Å². The average Bonchev–Trinajstić information content (AvgIpc) is 3.52. The van der Waals surface area contributed by atoms with E-state index in [1.54, 1.807) is 6.20 Å². The third kappa shape index (κ3) is 6.26. The number of para-hydroxylation sites is 1. The Morgan fingerprint density at radius 1 is 0.943 bits per heavy atom. The summed E-state index contributed by atoms with van der Waals surface area (Å²) in [7, 11) is 0. The van der Waals surface area contributed by atoms with Crippen LogP contribution in [0.15, 0.2) is 73.3 Å². The molecule has 0 fully saturated rings. The minimum atomic E-state index is -1.20. The van der Waals surface area contributed by atoms with Gasteiger partial charge in [0.05, 0.1) is 6.33 Å². The molecule has 0 saturated heterocycles. The third-order valence-corrected chi connectivity index (χ3v) is 5.51. The molecule has 2 heterocycles. The van der Waals surface area contributed by atoms with Gasteiger partial charge in [-0.15, -0.1) is 0 Å². The first-order valence-corrected chi connectivity index (χ1v) is 11.0. The van der Waals surface area contributed by atoms with Crippen molar-refractivity contribution in [1.82, 2.24) is 25.6 Å². The molecule has 0 aliphatic rings. The van der Waals surface area contributed by atoms with Crippen molar-refractivity contribution in [2.45, 2.75) is 31.5 Å². The summed E-state index contributed by atoms with van der Waals surface area (Å²) >= 11 is 0. The highest BCUT2D eigenvalue weighted by molar-refractivity contribution is 5.90. The lowest BCUT2D eigenvalue weighted by molar-refractivity contribution is -0.142. The topological polar surface area (TPSA) is 149 Å². The molecule has 2 amide bonds. The highest BCUT2D eigenvalue weighted by atomic mass is 16.5. The van der Waals surface area contributed by atoms with E-state index in [1.165, 1.54) is 12.5 Å². The van der Waals surface area contributed by atoms with Gasteiger partial charge in [-0.1, -0.05) is 48.5 Å². The van der Waals surface area contributed by atoms with E-state index in [1.807, 2.05) is 54.6 Å². The van der Waals surface area contributed by atoms with Gasteiger partial charge in [0.1, 0.15) is 18.7 Å². The molecule has 0 bridgehead atoms. The van der Waals surface area contributed by atoms with Crippen molar-refractivity contribution in [1.29, 1.82) is 0 Å². The fourth-order valence-corrected chi connectivity index (χ4v) is 3.73. The molecule has 4 aromatic rings. The van der Waals surface area contributed by atoms with Crippen LogP contribution in [0.5, 0.6) is 0 Å². The first-order chi connectivity index (χ1) is 17.0. The number of carboxylic acid groups (broad SMARTS) is 1. The van der Waals surface area contributed by atoms with Crippen molar-refractivity contribution in [2.24, 2.45) is 0 Å². The SMILES string of the molecule is O=C(N[C@@H](Cc1cnc[nH]1)C(=O)N[C@@H](Cc1c[nH]c2ccccc12)C(=O)O)OCc1ccccc1. The fourth-order valence-electron chi connectivity index (χ4n) is 3.73. The average molecular weight is 476 g/mol. The van der Waals surface area contributed by atoms with Crippen LogP contribution in [0.1, 0.15) is 16.8 Å². The number of carboxylic acids is 1.